The van der Waals surface area contributed by atoms with E-state index in [0.29, 0.717) is 18.9 Å². The van der Waals surface area contributed by atoms with Gasteiger partial charge in [0.1, 0.15) is 6.04 Å². The first-order valence-electron chi connectivity index (χ1n) is 8.64. The van der Waals surface area contributed by atoms with Crippen molar-refractivity contribution >= 4 is 11.8 Å². The third-order valence-corrected chi connectivity index (χ3v) is 4.74. The van der Waals surface area contributed by atoms with E-state index in [1.165, 1.54) is 0 Å². The van der Waals surface area contributed by atoms with Crippen molar-refractivity contribution < 1.29 is 14.3 Å². The van der Waals surface area contributed by atoms with Crippen LogP contribution in [-0.4, -0.2) is 60.5 Å². The maximum atomic E-state index is 13.0. The Hall–Kier alpha value is -1.10. The van der Waals surface area contributed by atoms with E-state index in [-0.39, 0.29) is 24.0 Å². The molecule has 2 amide bonds. The number of ether oxygens (including phenoxy) is 1. The monoisotopic (exact) mass is 310 g/mol. The number of hydrogen-bond donors (Lipinski definition) is 0. The summed E-state index contributed by atoms with van der Waals surface area (Å²) in [6.45, 7) is 6.40. The molecule has 0 aromatic heterocycles. The second kappa shape index (κ2) is 7.95. The van der Waals surface area contributed by atoms with E-state index in [2.05, 4.69) is 13.8 Å². The lowest BCUT2D eigenvalue weighted by Gasteiger charge is -2.40. The SMILES string of the molecule is CO[C@H]1CCCN(C(=O)[C@@H](CC(C)C)N2CCCCC2=O)C1. The molecule has 0 aromatic rings. The molecule has 2 saturated heterocycles. The molecule has 22 heavy (non-hydrogen) atoms. The van der Waals surface area contributed by atoms with Gasteiger partial charge in [0.15, 0.2) is 0 Å². The Kier molecular flexibility index (Phi) is 6.24. The zero-order valence-electron chi connectivity index (χ0n) is 14.2. The summed E-state index contributed by atoms with van der Waals surface area (Å²) < 4.78 is 5.42. The zero-order valence-corrected chi connectivity index (χ0v) is 14.2. The van der Waals surface area contributed by atoms with Crippen LogP contribution in [0.2, 0.25) is 0 Å². The lowest BCUT2D eigenvalue weighted by atomic mass is 9.97. The predicted molar refractivity (Wildman–Crippen MR) is 85.4 cm³/mol. The van der Waals surface area contributed by atoms with Crippen LogP contribution in [0.1, 0.15) is 52.4 Å². The van der Waals surface area contributed by atoms with E-state index in [4.69, 9.17) is 4.74 Å². The van der Waals surface area contributed by atoms with Crippen LogP contribution < -0.4 is 0 Å². The Morgan fingerprint density at radius 2 is 2.05 bits per heavy atom. The van der Waals surface area contributed by atoms with E-state index in [9.17, 15) is 9.59 Å². The summed E-state index contributed by atoms with van der Waals surface area (Å²) in [5.74, 6) is 0.656. The van der Waals surface area contributed by atoms with Crippen molar-refractivity contribution in [2.45, 2.75) is 64.5 Å². The highest BCUT2D eigenvalue weighted by Crippen LogP contribution is 2.22. The number of carbonyl (C=O) groups excluding carboxylic acids is 2. The van der Waals surface area contributed by atoms with Crippen molar-refractivity contribution in [3.63, 3.8) is 0 Å². The highest BCUT2D eigenvalue weighted by atomic mass is 16.5. The van der Waals surface area contributed by atoms with E-state index in [1.54, 1.807) is 7.11 Å². The molecule has 0 saturated carbocycles. The Balaban J connectivity index is 2.09. The molecule has 5 heteroatoms. The van der Waals surface area contributed by atoms with Crippen molar-refractivity contribution in [3.05, 3.63) is 0 Å². The summed E-state index contributed by atoms with van der Waals surface area (Å²) >= 11 is 0. The number of piperidine rings is 2. The van der Waals surface area contributed by atoms with Crippen molar-refractivity contribution in [2.75, 3.05) is 26.7 Å². The van der Waals surface area contributed by atoms with Crippen LogP contribution in [0.4, 0.5) is 0 Å². The number of hydrogen-bond acceptors (Lipinski definition) is 3. The average molecular weight is 310 g/mol. The van der Waals surface area contributed by atoms with Gasteiger partial charge in [-0.15, -0.1) is 0 Å². The van der Waals surface area contributed by atoms with Crippen molar-refractivity contribution in [2.24, 2.45) is 5.92 Å². The molecule has 2 rings (SSSR count). The molecule has 0 aliphatic carbocycles. The minimum atomic E-state index is -0.289. The molecule has 2 heterocycles. The fourth-order valence-corrected chi connectivity index (χ4v) is 3.51. The van der Waals surface area contributed by atoms with Crippen LogP contribution in [-0.2, 0) is 14.3 Å². The second-order valence-corrected chi connectivity index (χ2v) is 6.97. The molecule has 2 aliphatic rings. The van der Waals surface area contributed by atoms with Crippen molar-refractivity contribution in [1.29, 1.82) is 0 Å². The van der Waals surface area contributed by atoms with Crippen molar-refractivity contribution in [3.8, 4) is 0 Å². The number of nitrogens with zero attached hydrogens (tertiary/aromatic N) is 2. The van der Waals surface area contributed by atoms with E-state index in [0.717, 1.165) is 45.2 Å². The van der Waals surface area contributed by atoms with Crippen LogP contribution in [0.25, 0.3) is 0 Å². The standard InChI is InChI=1S/C17H30N2O3/c1-13(2)11-15(19-10-5-4-8-16(19)20)17(21)18-9-6-7-14(12-18)22-3/h13-15H,4-12H2,1-3H3/t14-,15+/m0/s1. The fraction of sp³-hybridized carbons (Fsp3) is 0.882. The van der Waals surface area contributed by atoms with Gasteiger partial charge < -0.3 is 14.5 Å². The quantitative estimate of drug-likeness (QED) is 0.781. The van der Waals surface area contributed by atoms with Gasteiger partial charge in [-0.25, -0.2) is 0 Å². The lowest BCUT2D eigenvalue weighted by Crippen LogP contribution is -2.55. The molecule has 2 aliphatic heterocycles. The molecule has 0 bridgehead atoms. The first-order valence-corrected chi connectivity index (χ1v) is 8.64. The first-order chi connectivity index (χ1) is 10.5. The number of methoxy groups -OCH3 is 1. The van der Waals surface area contributed by atoms with Gasteiger partial charge in [0, 0.05) is 33.2 Å². The molecular formula is C17H30N2O3. The lowest BCUT2D eigenvalue weighted by molar-refractivity contribution is -0.150. The van der Waals surface area contributed by atoms with Crippen LogP contribution in [0, 0.1) is 5.92 Å². The highest BCUT2D eigenvalue weighted by Gasteiger charge is 2.35. The summed E-state index contributed by atoms with van der Waals surface area (Å²) in [5.41, 5.74) is 0. The smallest absolute Gasteiger partial charge is 0.245 e. The van der Waals surface area contributed by atoms with Gasteiger partial charge in [-0.1, -0.05) is 13.8 Å². The van der Waals surface area contributed by atoms with Gasteiger partial charge in [0.25, 0.3) is 0 Å². The molecule has 5 nitrogen and oxygen atoms in total. The van der Waals surface area contributed by atoms with Crippen LogP contribution >= 0.6 is 0 Å². The topological polar surface area (TPSA) is 49.9 Å². The normalized spacial score (nSPS) is 24.7. The Labute approximate surface area is 134 Å². The predicted octanol–water partition coefficient (Wildman–Crippen LogP) is 2.05. The molecule has 2 atom stereocenters. The van der Waals surface area contributed by atoms with Gasteiger partial charge in [0.2, 0.25) is 11.8 Å². The molecule has 0 radical (unpaired) electrons. The molecule has 2 fully saturated rings. The summed E-state index contributed by atoms with van der Waals surface area (Å²) in [6.07, 6.45) is 5.42. The third-order valence-electron chi connectivity index (χ3n) is 4.74. The zero-order chi connectivity index (χ0) is 16.1. The Morgan fingerprint density at radius 3 is 2.68 bits per heavy atom. The molecule has 0 aromatic carbocycles. The third kappa shape index (κ3) is 4.22. The molecule has 0 spiro atoms. The first kappa shape index (κ1) is 17.3. The summed E-state index contributed by atoms with van der Waals surface area (Å²) in [5, 5.41) is 0. The van der Waals surface area contributed by atoms with Gasteiger partial charge in [-0.05, 0) is 38.0 Å². The molecule has 0 unspecified atom stereocenters. The van der Waals surface area contributed by atoms with Gasteiger partial charge in [-0.2, -0.15) is 0 Å². The average Bonchev–Trinajstić information content (AvgIpc) is 2.52. The van der Waals surface area contributed by atoms with Gasteiger partial charge >= 0.3 is 0 Å². The maximum absolute atomic E-state index is 13.0. The molecule has 126 valence electrons. The number of likely N-dealkylation sites (tertiary alicyclic amines) is 2. The van der Waals surface area contributed by atoms with E-state index >= 15 is 0 Å². The van der Waals surface area contributed by atoms with Crippen LogP contribution in [0.5, 0.6) is 0 Å². The summed E-state index contributed by atoms with van der Waals surface area (Å²) in [4.78, 5) is 29.0. The Bertz CT molecular complexity index is 397. The Morgan fingerprint density at radius 1 is 1.27 bits per heavy atom. The summed E-state index contributed by atoms with van der Waals surface area (Å²) in [6, 6.07) is -0.289. The minimum Gasteiger partial charge on any atom is -0.380 e. The highest BCUT2D eigenvalue weighted by molar-refractivity contribution is 5.88. The largest absolute Gasteiger partial charge is 0.380 e. The summed E-state index contributed by atoms with van der Waals surface area (Å²) in [7, 11) is 1.71. The van der Waals surface area contributed by atoms with E-state index < -0.39 is 0 Å². The number of amides is 2. The second-order valence-electron chi connectivity index (χ2n) is 6.97. The van der Waals surface area contributed by atoms with Crippen LogP contribution in [0.3, 0.4) is 0 Å². The van der Waals surface area contributed by atoms with Crippen LogP contribution in [0.15, 0.2) is 0 Å². The number of carbonyl (C=O) groups is 2. The minimum absolute atomic E-state index is 0.116. The van der Waals surface area contributed by atoms with Gasteiger partial charge in [0.05, 0.1) is 6.10 Å². The van der Waals surface area contributed by atoms with E-state index in [1.807, 2.05) is 9.80 Å². The molecular weight excluding hydrogens is 280 g/mol. The molecule has 0 N–H and O–H groups in total. The maximum Gasteiger partial charge on any atom is 0.245 e. The fourth-order valence-electron chi connectivity index (χ4n) is 3.51. The number of rotatable bonds is 5. The van der Waals surface area contributed by atoms with Crippen molar-refractivity contribution in [1.82, 2.24) is 9.80 Å². The van der Waals surface area contributed by atoms with Gasteiger partial charge in [-0.3, -0.25) is 9.59 Å².